The first-order valence-electron chi connectivity index (χ1n) is 15.6. The molecule has 0 fully saturated rings. The van der Waals surface area contributed by atoms with Gasteiger partial charge in [0.2, 0.25) is 13.4 Å². The van der Waals surface area contributed by atoms with Gasteiger partial charge in [-0.05, 0) is 56.8 Å². The Labute approximate surface area is 264 Å². The van der Waals surface area contributed by atoms with Crippen LogP contribution in [0.5, 0.6) is 0 Å². The lowest BCUT2D eigenvalue weighted by Gasteiger charge is -2.33. The summed E-state index contributed by atoms with van der Waals surface area (Å²) in [6.07, 6.45) is 0. The second-order valence-corrected chi connectivity index (χ2v) is 13.7. The van der Waals surface area contributed by atoms with Crippen LogP contribution in [0.3, 0.4) is 0 Å². The average Bonchev–Trinajstić information content (AvgIpc) is 3.37. The smallest absolute Gasteiger partial charge is 0.247 e. The van der Waals surface area contributed by atoms with Crippen molar-refractivity contribution in [3.63, 3.8) is 0 Å². The summed E-state index contributed by atoms with van der Waals surface area (Å²) in [6, 6.07) is 43.6. The van der Waals surface area contributed by atoms with E-state index >= 15 is 0 Å². The van der Waals surface area contributed by atoms with E-state index < -0.39 is 0 Å². The van der Waals surface area contributed by atoms with Gasteiger partial charge in [0.05, 0.1) is 5.52 Å². The van der Waals surface area contributed by atoms with Gasteiger partial charge >= 0.3 is 0 Å². The zero-order valence-corrected chi connectivity index (χ0v) is 26.3. The highest BCUT2D eigenvalue weighted by atomic mass is 32.2. The molecule has 0 bridgehead atoms. The van der Waals surface area contributed by atoms with Crippen LogP contribution in [0, 0.1) is 27.7 Å². The second kappa shape index (κ2) is 9.55. The van der Waals surface area contributed by atoms with Crippen molar-refractivity contribution >= 4 is 79.8 Å². The lowest BCUT2D eigenvalue weighted by Crippen LogP contribution is -2.60. The Kier molecular flexibility index (Phi) is 5.65. The maximum Gasteiger partial charge on any atom is 0.247 e. The van der Waals surface area contributed by atoms with Gasteiger partial charge in [0.1, 0.15) is 0 Å². The van der Waals surface area contributed by atoms with Crippen molar-refractivity contribution < 1.29 is 0 Å². The quantitative estimate of drug-likeness (QED) is 0.234. The molecule has 9 rings (SSSR count). The number of aryl methyl sites for hydroxylation is 4. The third-order valence-corrected chi connectivity index (χ3v) is 11.3. The molecule has 3 heterocycles. The van der Waals surface area contributed by atoms with Crippen molar-refractivity contribution in [2.45, 2.75) is 37.5 Å². The molecule has 0 amide bonds. The molecule has 0 unspecified atom stereocenters. The number of hydrogen-bond acceptors (Lipinski definition) is 1. The normalized spacial score (nSPS) is 13.3. The number of hydrogen-bond donors (Lipinski definition) is 0. The van der Waals surface area contributed by atoms with Gasteiger partial charge in [-0.3, -0.25) is 0 Å². The lowest BCUT2D eigenvalue weighted by molar-refractivity contribution is 1.18. The Morgan fingerprint density at radius 3 is 1.77 bits per heavy atom. The molecule has 2 aliphatic rings. The van der Waals surface area contributed by atoms with Gasteiger partial charge < -0.3 is 4.57 Å². The minimum absolute atomic E-state index is 0.161. The summed E-state index contributed by atoms with van der Waals surface area (Å²) in [5.74, 6) is 0. The summed E-state index contributed by atoms with van der Waals surface area (Å²) in [5.41, 5.74) is 17.9. The van der Waals surface area contributed by atoms with E-state index in [9.17, 15) is 0 Å². The van der Waals surface area contributed by atoms with Crippen molar-refractivity contribution in [2.75, 3.05) is 0 Å². The third kappa shape index (κ3) is 3.52. The zero-order chi connectivity index (χ0) is 29.7. The van der Waals surface area contributed by atoms with Gasteiger partial charge in [-0.25, -0.2) is 0 Å². The van der Waals surface area contributed by atoms with Crippen LogP contribution < -0.4 is 32.8 Å². The van der Waals surface area contributed by atoms with E-state index in [1.807, 2.05) is 11.8 Å². The van der Waals surface area contributed by atoms with Gasteiger partial charge in [0.25, 0.3) is 0 Å². The van der Waals surface area contributed by atoms with Crippen molar-refractivity contribution in [1.29, 1.82) is 0 Å². The first kappa shape index (κ1) is 26.0. The molecule has 0 atom stereocenters. The molecule has 2 aliphatic heterocycles. The molecular formula is C40H31B2NS. The van der Waals surface area contributed by atoms with Gasteiger partial charge in [0, 0.05) is 31.8 Å². The summed E-state index contributed by atoms with van der Waals surface area (Å²) < 4.78 is 2.58. The summed E-state index contributed by atoms with van der Waals surface area (Å²) in [6.45, 7) is 9.47. The van der Waals surface area contributed by atoms with Gasteiger partial charge in [0.15, 0.2) is 0 Å². The first-order chi connectivity index (χ1) is 21.5. The maximum atomic E-state index is 2.58. The van der Waals surface area contributed by atoms with E-state index in [1.54, 1.807) is 0 Å². The molecule has 1 nitrogen and oxygen atoms in total. The number of nitrogens with zero attached hydrogens (tertiary/aromatic N) is 1. The highest BCUT2D eigenvalue weighted by molar-refractivity contribution is 8.00. The van der Waals surface area contributed by atoms with Crippen LogP contribution >= 0.6 is 11.8 Å². The number of rotatable bonds is 2. The van der Waals surface area contributed by atoms with Crippen LogP contribution in [0.25, 0.3) is 27.5 Å². The second-order valence-electron chi connectivity index (χ2n) is 12.7. The fraction of sp³-hybridized carbons (Fsp3) is 0.100. The number of fused-ring (bicyclic) bond motifs is 7. The summed E-state index contributed by atoms with van der Waals surface area (Å²) in [5, 5.41) is 2.66. The first-order valence-corrected chi connectivity index (χ1v) is 16.4. The van der Waals surface area contributed by atoms with Crippen molar-refractivity contribution in [2.24, 2.45) is 0 Å². The number of benzene rings is 6. The molecule has 0 saturated carbocycles. The molecule has 1 aromatic heterocycles. The third-order valence-electron chi connectivity index (χ3n) is 10.2. The molecule has 7 aromatic rings. The summed E-state index contributed by atoms with van der Waals surface area (Å²) in [4.78, 5) is 2.74. The minimum Gasteiger partial charge on any atom is -0.310 e. The highest BCUT2D eigenvalue weighted by Gasteiger charge is 2.39. The van der Waals surface area contributed by atoms with Crippen LogP contribution in [0.2, 0.25) is 0 Å². The average molecular weight is 579 g/mol. The molecule has 0 radical (unpaired) electrons. The molecule has 4 heteroatoms. The van der Waals surface area contributed by atoms with E-state index in [1.165, 1.54) is 92.3 Å². The fourth-order valence-corrected chi connectivity index (χ4v) is 9.49. The zero-order valence-electron chi connectivity index (χ0n) is 25.5. The Bertz CT molecular complexity index is 2290. The molecule has 0 spiro atoms. The van der Waals surface area contributed by atoms with Crippen LogP contribution in [0.15, 0.2) is 125 Å². The van der Waals surface area contributed by atoms with Crippen molar-refractivity contribution in [3.05, 3.63) is 138 Å². The van der Waals surface area contributed by atoms with E-state index in [4.69, 9.17) is 0 Å². The monoisotopic (exact) mass is 579 g/mol. The molecule has 44 heavy (non-hydrogen) atoms. The molecule has 208 valence electrons. The van der Waals surface area contributed by atoms with E-state index in [2.05, 4.69) is 148 Å². The Morgan fingerprint density at radius 2 is 1.05 bits per heavy atom. The topological polar surface area (TPSA) is 4.93 Å². The van der Waals surface area contributed by atoms with Crippen LogP contribution in [0.4, 0.5) is 0 Å². The highest BCUT2D eigenvalue weighted by Crippen LogP contribution is 2.36. The Balaban J connectivity index is 1.44. The Morgan fingerprint density at radius 1 is 0.477 bits per heavy atom. The van der Waals surface area contributed by atoms with Crippen molar-refractivity contribution in [1.82, 2.24) is 4.57 Å². The van der Waals surface area contributed by atoms with Gasteiger partial charge in [-0.2, -0.15) is 0 Å². The SMILES string of the molecule is Cc1cccc(C)c1B1c2ccccc2Sc2cc3c(cc21)-n1c2ccccc2c2cccc(c21)B3c1c(C)cccc1C. The lowest BCUT2D eigenvalue weighted by atomic mass is 9.32. The van der Waals surface area contributed by atoms with Crippen LogP contribution in [0.1, 0.15) is 22.3 Å². The van der Waals surface area contributed by atoms with Crippen molar-refractivity contribution in [3.8, 4) is 5.69 Å². The predicted octanol–water partition coefficient (Wildman–Crippen LogP) is 5.83. The van der Waals surface area contributed by atoms with Crippen LogP contribution in [-0.2, 0) is 0 Å². The predicted molar refractivity (Wildman–Crippen MR) is 192 cm³/mol. The fourth-order valence-electron chi connectivity index (χ4n) is 8.32. The number of aromatic nitrogens is 1. The van der Waals surface area contributed by atoms with Gasteiger partial charge in [-0.15, -0.1) is 0 Å². The molecule has 0 saturated heterocycles. The maximum absolute atomic E-state index is 2.58. The van der Waals surface area contributed by atoms with Gasteiger partial charge in [-0.1, -0.05) is 153 Å². The van der Waals surface area contributed by atoms with Crippen LogP contribution in [-0.4, -0.2) is 18.0 Å². The van der Waals surface area contributed by atoms with E-state index in [0.29, 0.717) is 0 Å². The molecular weight excluding hydrogens is 548 g/mol. The number of para-hydroxylation sites is 2. The van der Waals surface area contributed by atoms with E-state index in [0.717, 1.165) is 0 Å². The largest absolute Gasteiger partial charge is 0.310 e. The standard InChI is InChI=1S/C40H31B2NS/c1-24-12-9-13-25(2)38(24)41-30-18-6-8-21-36(30)44-37-23-32-35(22-33(37)41)43-34-20-7-5-16-28(34)29-17-11-19-31(40(29)43)42(32)39-26(3)14-10-15-27(39)4/h5-23H,1-4H3. The molecule has 6 aromatic carbocycles. The summed E-state index contributed by atoms with van der Waals surface area (Å²) in [7, 11) is 0. The minimum atomic E-state index is 0.161. The molecule has 0 aliphatic carbocycles. The molecule has 0 N–H and O–H groups in total. The Hall–Kier alpha value is -4.40. The summed E-state index contributed by atoms with van der Waals surface area (Å²) >= 11 is 1.94. The van der Waals surface area contributed by atoms with E-state index in [-0.39, 0.29) is 13.4 Å².